The van der Waals surface area contributed by atoms with Gasteiger partial charge in [-0.15, -0.1) is 0 Å². The van der Waals surface area contributed by atoms with Gasteiger partial charge in [-0.25, -0.2) is 0 Å². The maximum atomic E-state index is 12.3. The van der Waals surface area contributed by atoms with Crippen molar-refractivity contribution in [3.05, 3.63) is 35.4 Å². The SMILES string of the molecule is CC(=O)NCc1ccc(C(=O)NC2(CO)CCCC2)cc1. The van der Waals surface area contributed by atoms with Crippen LogP contribution in [0.25, 0.3) is 0 Å². The van der Waals surface area contributed by atoms with Crippen molar-refractivity contribution in [3.8, 4) is 0 Å². The third kappa shape index (κ3) is 4.04. The molecule has 0 atom stereocenters. The van der Waals surface area contributed by atoms with E-state index in [2.05, 4.69) is 10.6 Å². The van der Waals surface area contributed by atoms with Gasteiger partial charge in [-0.2, -0.15) is 0 Å². The number of carbonyl (C=O) groups excluding carboxylic acids is 2. The summed E-state index contributed by atoms with van der Waals surface area (Å²) in [5.74, 6) is -0.236. The Morgan fingerprint density at radius 1 is 1.19 bits per heavy atom. The number of amides is 2. The zero-order valence-corrected chi connectivity index (χ0v) is 12.3. The lowest BCUT2D eigenvalue weighted by Crippen LogP contribution is -2.49. The van der Waals surface area contributed by atoms with Gasteiger partial charge in [0.15, 0.2) is 0 Å². The van der Waals surface area contributed by atoms with Crippen LogP contribution in [0.2, 0.25) is 0 Å². The van der Waals surface area contributed by atoms with Crippen LogP contribution >= 0.6 is 0 Å². The molecule has 0 bridgehead atoms. The summed E-state index contributed by atoms with van der Waals surface area (Å²) in [6, 6.07) is 7.13. The van der Waals surface area contributed by atoms with Gasteiger partial charge in [0.2, 0.25) is 5.91 Å². The van der Waals surface area contributed by atoms with Crippen LogP contribution in [0.1, 0.15) is 48.5 Å². The first-order chi connectivity index (χ1) is 10.0. The molecule has 1 aromatic rings. The van der Waals surface area contributed by atoms with Crippen molar-refractivity contribution < 1.29 is 14.7 Å². The average molecular weight is 290 g/mol. The lowest BCUT2D eigenvalue weighted by Gasteiger charge is -2.28. The molecule has 3 N–H and O–H groups in total. The number of carbonyl (C=O) groups is 2. The molecule has 0 aliphatic heterocycles. The molecule has 114 valence electrons. The summed E-state index contributed by atoms with van der Waals surface area (Å²) >= 11 is 0. The first kappa shape index (κ1) is 15.5. The van der Waals surface area contributed by atoms with E-state index in [9.17, 15) is 14.7 Å². The molecule has 1 aliphatic carbocycles. The normalized spacial score (nSPS) is 16.5. The molecule has 0 unspecified atom stereocenters. The van der Waals surface area contributed by atoms with Crippen molar-refractivity contribution in [1.29, 1.82) is 0 Å². The number of hydrogen-bond donors (Lipinski definition) is 3. The van der Waals surface area contributed by atoms with E-state index in [1.807, 2.05) is 12.1 Å². The standard InChI is InChI=1S/C16H22N2O3/c1-12(20)17-10-13-4-6-14(7-5-13)15(21)18-16(11-19)8-2-3-9-16/h4-7,19H,2-3,8-11H2,1H3,(H,17,20)(H,18,21). The Balaban J connectivity index is 1.98. The topological polar surface area (TPSA) is 78.4 Å². The van der Waals surface area contributed by atoms with Gasteiger partial charge in [-0.1, -0.05) is 25.0 Å². The summed E-state index contributed by atoms with van der Waals surface area (Å²) in [4.78, 5) is 23.1. The second-order valence-corrected chi connectivity index (χ2v) is 5.71. The van der Waals surface area contributed by atoms with Crippen molar-refractivity contribution >= 4 is 11.8 Å². The number of aliphatic hydroxyl groups excluding tert-OH is 1. The molecule has 1 saturated carbocycles. The molecule has 5 heteroatoms. The Morgan fingerprint density at radius 3 is 2.33 bits per heavy atom. The minimum atomic E-state index is -0.452. The highest BCUT2D eigenvalue weighted by Gasteiger charge is 2.34. The van der Waals surface area contributed by atoms with Gasteiger partial charge in [0.05, 0.1) is 12.1 Å². The van der Waals surface area contributed by atoms with Gasteiger partial charge < -0.3 is 15.7 Å². The van der Waals surface area contributed by atoms with Gasteiger partial charge in [0.25, 0.3) is 5.91 Å². The monoisotopic (exact) mass is 290 g/mol. The fraction of sp³-hybridized carbons (Fsp3) is 0.500. The highest BCUT2D eigenvalue weighted by molar-refractivity contribution is 5.94. The van der Waals surface area contributed by atoms with Crippen LogP contribution in [0.4, 0.5) is 0 Å². The molecular weight excluding hydrogens is 268 g/mol. The second kappa shape index (κ2) is 6.72. The Hall–Kier alpha value is -1.88. The molecule has 0 radical (unpaired) electrons. The van der Waals surface area contributed by atoms with Crippen LogP contribution < -0.4 is 10.6 Å². The van der Waals surface area contributed by atoms with E-state index >= 15 is 0 Å². The molecule has 0 heterocycles. The first-order valence-corrected chi connectivity index (χ1v) is 7.31. The smallest absolute Gasteiger partial charge is 0.251 e. The third-order valence-corrected chi connectivity index (χ3v) is 4.00. The maximum Gasteiger partial charge on any atom is 0.251 e. The Morgan fingerprint density at radius 2 is 1.81 bits per heavy atom. The molecule has 1 aromatic carbocycles. The van der Waals surface area contributed by atoms with Crippen molar-refractivity contribution in [1.82, 2.24) is 10.6 Å². The zero-order valence-electron chi connectivity index (χ0n) is 12.3. The van der Waals surface area contributed by atoms with Crippen molar-refractivity contribution in [2.24, 2.45) is 0 Å². The first-order valence-electron chi connectivity index (χ1n) is 7.31. The van der Waals surface area contributed by atoms with Crippen LogP contribution in [0, 0.1) is 0 Å². The Kier molecular flexibility index (Phi) is 4.96. The van der Waals surface area contributed by atoms with Crippen LogP contribution in [0.3, 0.4) is 0 Å². The van der Waals surface area contributed by atoms with Crippen molar-refractivity contribution in [2.45, 2.75) is 44.7 Å². The molecule has 0 spiro atoms. The number of aliphatic hydroxyl groups is 1. The summed E-state index contributed by atoms with van der Waals surface area (Å²) in [7, 11) is 0. The number of nitrogens with one attached hydrogen (secondary N) is 2. The van der Waals surface area contributed by atoms with Gasteiger partial charge >= 0.3 is 0 Å². The molecule has 21 heavy (non-hydrogen) atoms. The summed E-state index contributed by atoms with van der Waals surface area (Å²) in [5.41, 5.74) is 1.06. The molecule has 0 aromatic heterocycles. The van der Waals surface area contributed by atoms with E-state index in [0.29, 0.717) is 12.1 Å². The number of benzene rings is 1. The molecule has 5 nitrogen and oxygen atoms in total. The lowest BCUT2D eigenvalue weighted by molar-refractivity contribution is -0.119. The van der Waals surface area contributed by atoms with Crippen molar-refractivity contribution in [3.63, 3.8) is 0 Å². The summed E-state index contributed by atoms with van der Waals surface area (Å²) in [5, 5.41) is 15.2. The Bertz CT molecular complexity index is 505. The van der Waals surface area contributed by atoms with E-state index < -0.39 is 5.54 Å². The molecule has 0 saturated heterocycles. The zero-order chi connectivity index (χ0) is 15.3. The molecule has 1 aliphatic rings. The molecule has 1 fully saturated rings. The average Bonchev–Trinajstić information content (AvgIpc) is 2.94. The number of rotatable bonds is 5. The molecule has 2 amide bonds. The van der Waals surface area contributed by atoms with Crippen LogP contribution in [0.5, 0.6) is 0 Å². The van der Waals surface area contributed by atoms with Gasteiger partial charge in [0.1, 0.15) is 0 Å². The molecule has 2 rings (SSSR count). The highest BCUT2D eigenvalue weighted by atomic mass is 16.3. The third-order valence-electron chi connectivity index (χ3n) is 4.00. The van der Waals surface area contributed by atoms with Gasteiger partial charge in [-0.3, -0.25) is 9.59 Å². The van der Waals surface area contributed by atoms with E-state index in [1.54, 1.807) is 12.1 Å². The predicted molar refractivity (Wildman–Crippen MR) is 79.7 cm³/mol. The van der Waals surface area contributed by atoms with Crippen LogP contribution in [-0.2, 0) is 11.3 Å². The quantitative estimate of drug-likeness (QED) is 0.766. The maximum absolute atomic E-state index is 12.3. The largest absolute Gasteiger partial charge is 0.394 e. The fourth-order valence-electron chi connectivity index (χ4n) is 2.69. The minimum Gasteiger partial charge on any atom is -0.394 e. The fourth-order valence-corrected chi connectivity index (χ4v) is 2.69. The minimum absolute atomic E-state index is 0.0145. The van der Waals surface area contributed by atoms with Crippen LogP contribution in [0.15, 0.2) is 24.3 Å². The molecular formula is C16H22N2O3. The second-order valence-electron chi connectivity index (χ2n) is 5.71. The van der Waals surface area contributed by atoms with E-state index in [0.717, 1.165) is 31.2 Å². The van der Waals surface area contributed by atoms with E-state index in [1.165, 1.54) is 6.92 Å². The van der Waals surface area contributed by atoms with Gasteiger partial charge in [0, 0.05) is 19.0 Å². The summed E-state index contributed by atoms with van der Waals surface area (Å²) < 4.78 is 0. The number of hydrogen-bond acceptors (Lipinski definition) is 3. The predicted octanol–water partition coefficient (Wildman–Crippen LogP) is 1.36. The van der Waals surface area contributed by atoms with E-state index in [4.69, 9.17) is 0 Å². The van der Waals surface area contributed by atoms with Crippen LogP contribution in [-0.4, -0.2) is 29.1 Å². The van der Waals surface area contributed by atoms with Crippen molar-refractivity contribution in [2.75, 3.05) is 6.61 Å². The lowest BCUT2D eigenvalue weighted by atomic mass is 9.98. The van der Waals surface area contributed by atoms with Gasteiger partial charge in [-0.05, 0) is 30.5 Å². The summed E-state index contributed by atoms with van der Waals surface area (Å²) in [6.45, 7) is 1.91. The Labute approximate surface area is 124 Å². The summed E-state index contributed by atoms with van der Waals surface area (Å²) in [6.07, 6.45) is 3.73. The highest BCUT2D eigenvalue weighted by Crippen LogP contribution is 2.29. The van der Waals surface area contributed by atoms with E-state index in [-0.39, 0.29) is 18.4 Å².